The van der Waals surface area contributed by atoms with Gasteiger partial charge in [-0.15, -0.1) is 16.4 Å². The molecule has 1 aromatic carbocycles. The third-order valence-corrected chi connectivity index (χ3v) is 5.08. The van der Waals surface area contributed by atoms with E-state index in [1.165, 1.54) is 16.0 Å². The van der Waals surface area contributed by atoms with Gasteiger partial charge in [0.25, 0.3) is 5.56 Å². The van der Waals surface area contributed by atoms with Crippen LogP contribution in [0.2, 0.25) is 0 Å². The molecule has 0 aliphatic heterocycles. The van der Waals surface area contributed by atoms with Crippen LogP contribution < -0.4 is 5.56 Å². The maximum absolute atomic E-state index is 12.8. The second kappa shape index (κ2) is 4.96. The third-order valence-electron chi connectivity index (χ3n) is 4.00. The number of pyridine rings is 1. The molecule has 0 bridgehead atoms. The standard InChI is InChI=1S/C17H14N4OS/c1-9-4-6-12(7-5-9)21-17(22)15-14(19-20-21)13-8-10(2)11(3)18-16(13)23-15/h4-8H,1-3H3. The van der Waals surface area contributed by atoms with E-state index in [9.17, 15) is 4.79 Å². The Morgan fingerprint density at radius 3 is 2.57 bits per heavy atom. The number of aryl methyl sites for hydroxylation is 3. The van der Waals surface area contributed by atoms with Crippen molar-refractivity contribution < 1.29 is 0 Å². The lowest BCUT2D eigenvalue weighted by atomic mass is 10.2. The zero-order valence-corrected chi connectivity index (χ0v) is 13.8. The van der Waals surface area contributed by atoms with Gasteiger partial charge < -0.3 is 0 Å². The molecule has 0 saturated heterocycles. The van der Waals surface area contributed by atoms with Crippen LogP contribution in [-0.4, -0.2) is 20.0 Å². The molecule has 4 rings (SSSR count). The maximum Gasteiger partial charge on any atom is 0.292 e. The van der Waals surface area contributed by atoms with Gasteiger partial charge in [-0.2, -0.15) is 4.68 Å². The quantitative estimate of drug-likeness (QED) is 0.539. The number of hydrogen-bond donors (Lipinski definition) is 0. The molecule has 4 aromatic rings. The highest BCUT2D eigenvalue weighted by Crippen LogP contribution is 2.30. The zero-order chi connectivity index (χ0) is 16.1. The van der Waals surface area contributed by atoms with Crippen LogP contribution in [0, 0.1) is 20.8 Å². The Balaban J connectivity index is 2.03. The number of nitrogens with zero attached hydrogens (tertiary/aromatic N) is 4. The number of aromatic nitrogens is 4. The first-order valence-corrected chi connectivity index (χ1v) is 8.10. The van der Waals surface area contributed by atoms with Crippen LogP contribution in [0.1, 0.15) is 16.8 Å². The molecule has 0 atom stereocenters. The van der Waals surface area contributed by atoms with Crippen LogP contribution in [0.3, 0.4) is 0 Å². The minimum absolute atomic E-state index is 0.155. The largest absolute Gasteiger partial charge is 0.292 e. The number of thiophene rings is 1. The molecule has 0 saturated carbocycles. The van der Waals surface area contributed by atoms with Gasteiger partial charge in [-0.1, -0.05) is 22.9 Å². The minimum Gasteiger partial charge on any atom is -0.266 e. The monoisotopic (exact) mass is 322 g/mol. The number of rotatable bonds is 1. The SMILES string of the molecule is Cc1ccc(-n2nnc3c(sc4nc(C)c(C)cc43)c2=O)cc1. The Labute approximate surface area is 136 Å². The van der Waals surface area contributed by atoms with Gasteiger partial charge in [0.15, 0.2) is 0 Å². The lowest BCUT2D eigenvalue weighted by molar-refractivity contribution is 0.740. The molecule has 5 nitrogen and oxygen atoms in total. The van der Waals surface area contributed by atoms with E-state index in [2.05, 4.69) is 15.3 Å². The van der Waals surface area contributed by atoms with Crippen LogP contribution in [0.5, 0.6) is 0 Å². The van der Waals surface area contributed by atoms with Crippen LogP contribution >= 0.6 is 11.3 Å². The fourth-order valence-electron chi connectivity index (χ4n) is 2.52. The number of hydrogen-bond acceptors (Lipinski definition) is 5. The highest BCUT2D eigenvalue weighted by molar-refractivity contribution is 7.25. The summed E-state index contributed by atoms with van der Waals surface area (Å²) < 4.78 is 1.93. The van der Waals surface area contributed by atoms with Crippen molar-refractivity contribution in [1.82, 2.24) is 20.0 Å². The number of fused-ring (bicyclic) bond motifs is 3. The van der Waals surface area contributed by atoms with Crippen molar-refractivity contribution in [2.75, 3.05) is 0 Å². The summed E-state index contributed by atoms with van der Waals surface area (Å²) in [5, 5.41) is 9.29. The first kappa shape index (κ1) is 14.0. The summed E-state index contributed by atoms with van der Waals surface area (Å²) in [6.07, 6.45) is 0. The first-order chi connectivity index (χ1) is 11.0. The van der Waals surface area contributed by atoms with Gasteiger partial charge in [-0.05, 0) is 44.5 Å². The molecule has 0 aliphatic rings. The molecular weight excluding hydrogens is 308 g/mol. The fraction of sp³-hybridized carbons (Fsp3) is 0.176. The molecule has 0 fully saturated rings. The van der Waals surface area contributed by atoms with Crippen molar-refractivity contribution in [2.24, 2.45) is 0 Å². The first-order valence-electron chi connectivity index (χ1n) is 7.28. The summed E-state index contributed by atoms with van der Waals surface area (Å²) in [5.74, 6) is 0. The number of benzene rings is 1. The van der Waals surface area contributed by atoms with E-state index in [1.807, 2.05) is 51.1 Å². The van der Waals surface area contributed by atoms with Crippen molar-refractivity contribution in [2.45, 2.75) is 20.8 Å². The molecular formula is C17H14N4OS. The zero-order valence-electron chi connectivity index (χ0n) is 13.0. The molecule has 0 amide bonds. The minimum atomic E-state index is -0.155. The maximum atomic E-state index is 12.8. The molecule has 3 aromatic heterocycles. The van der Waals surface area contributed by atoms with Gasteiger partial charge in [0.1, 0.15) is 15.0 Å². The molecule has 0 unspecified atom stereocenters. The normalized spacial score (nSPS) is 11.4. The van der Waals surface area contributed by atoms with Crippen molar-refractivity contribution in [3.05, 3.63) is 57.5 Å². The highest BCUT2D eigenvalue weighted by Gasteiger charge is 2.15. The summed E-state index contributed by atoms with van der Waals surface area (Å²) in [5.41, 5.74) is 4.38. The van der Waals surface area contributed by atoms with E-state index in [4.69, 9.17) is 0 Å². The van der Waals surface area contributed by atoms with E-state index >= 15 is 0 Å². The molecule has 0 N–H and O–H groups in total. The van der Waals surface area contributed by atoms with Gasteiger partial charge in [0, 0.05) is 11.1 Å². The van der Waals surface area contributed by atoms with Crippen molar-refractivity contribution in [3.63, 3.8) is 0 Å². The van der Waals surface area contributed by atoms with Gasteiger partial charge in [-0.25, -0.2) is 4.98 Å². The van der Waals surface area contributed by atoms with Gasteiger partial charge in [0.05, 0.1) is 5.69 Å². The molecule has 6 heteroatoms. The van der Waals surface area contributed by atoms with E-state index in [0.29, 0.717) is 15.9 Å². The Morgan fingerprint density at radius 2 is 1.83 bits per heavy atom. The van der Waals surface area contributed by atoms with Crippen molar-refractivity contribution >= 4 is 31.8 Å². The molecule has 0 spiro atoms. The molecule has 114 valence electrons. The third kappa shape index (κ3) is 2.14. The Morgan fingerprint density at radius 1 is 1.09 bits per heavy atom. The van der Waals surface area contributed by atoms with Crippen LogP contribution in [0.25, 0.3) is 26.1 Å². The Bertz CT molecular complexity index is 1110. The summed E-state index contributed by atoms with van der Waals surface area (Å²) in [6, 6.07) is 9.68. The van der Waals surface area contributed by atoms with Crippen LogP contribution in [0.4, 0.5) is 0 Å². The lowest BCUT2D eigenvalue weighted by Gasteiger charge is -2.03. The van der Waals surface area contributed by atoms with E-state index in [1.54, 1.807) is 0 Å². The predicted octanol–water partition coefficient (Wildman–Crippen LogP) is 3.32. The van der Waals surface area contributed by atoms with E-state index in [-0.39, 0.29) is 5.56 Å². The Kier molecular flexibility index (Phi) is 3.02. The molecule has 0 radical (unpaired) electrons. The molecule has 23 heavy (non-hydrogen) atoms. The van der Waals surface area contributed by atoms with Gasteiger partial charge in [0.2, 0.25) is 0 Å². The topological polar surface area (TPSA) is 60.7 Å². The lowest BCUT2D eigenvalue weighted by Crippen LogP contribution is -2.21. The van der Waals surface area contributed by atoms with Crippen LogP contribution in [-0.2, 0) is 0 Å². The van der Waals surface area contributed by atoms with Gasteiger partial charge >= 0.3 is 0 Å². The summed E-state index contributed by atoms with van der Waals surface area (Å²) in [4.78, 5) is 18.2. The van der Waals surface area contributed by atoms with Gasteiger partial charge in [-0.3, -0.25) is 4.79 Å². The fourth-order valence-corrected chi connectivity index (χ4v) is 3.59. The second-order valence-electron chi connectivity index (χ2n) is 5.67. The average Bonchev–Trinajstić information content (AvgIpc) is 2.88. The van der Waals surface area contributed by atoms with E-state index < -0.39 is 0 Å². The molecule has 0 aliphatic carbocycles. The second-order valence-corrected chi connectivity index (χ2v) is 6.66. The summed E-state index contributed by atoms with van der Waals surface area (Å²) in [7, 11) is 0. The van der Waals surface area contributed by atoms with Crippen molar-refractivity contribution in [3.8, 4) is 5.69 Å². The summed E-state index contributed by atoms with van der Waals surface area (Å²) in [6.45, 7) is 5.98. The Hall–Kier alpha value is -2.60. The van der Waals surface area contributed by atoms with Crippen LogP contribution in [0.15, 0.2) is 35.1 Å². The van der Waals surface area contributed by atoms with Crippen molar-refractivity contribution in [1.29, 1.82) is 0 Å². The highest BCUT2D eigenvalue weighted by atomic mass is 32.1. The summed E-state index contributed by atoms with van der Waals surface area (Å²) >= 11 is 1.38. The smallest absolute Gasteiger partial charge is 0.266 e. The van der Waals surface area contributed by atoms with E-state index in [0.717, 1.165) is 27.0 Å². The molecule has 3 heterocycles. The average molecular weight is 322 g/mol. The predicted molar refractivity (Wildman–Crippen MR) is 92.5 cm³/mol.